The Morgan fingerprint density at radius 2 is 1.94 bits per heavy atom. The number of carbonyl (C=O) groups is 2. The van der Waals surface area contributed by atoms with Gasteiger partial charge in [0.05, 0.1) is 18.6 Å². The van der Waals surface area contributed by atoms with Crippen LogP contribution in [0.3, 0.4) is 0 Å². The predicted molar refractivity (Wildman–Crippen MR) is 115 cm³/mol. The molecule has 1 aromatic carbocycles. The van der Waals surface area contributed by atoms with Gasteiger partial charge in [0.25, 0.3) is 5.91 Å². The summed E-state index contributed by atoms with van der Waals surface area (Å²) >= 11 is 0. The Hall–Kier alpha value is -3.39. The monoisotopic (exact) mass is 422 g/mol. The van der Waals surface area contributed by atoms with E-state index in [0.717, 1.165) is 5.69 Å². The Morgan fingerprint density at radius 1 is 1.16 bits per heavy atom. The molecule has 8 heteroatoms. The number of nitrogens with one attached hydrogen (secondary N) is 1. The number of benzene rings is 1. The Labute approximate surface area is 180 Å². The number of ether oxygens (including phenoxy) is 1. The van der Waals surface area contributed by atoms with Crippen molar-refractivity contribution in [3.63, 3.8) is 0 Å². The minimum absolute atomic E-state index is 0.0265. The molecule has 1 aliphatic rings. The van der Waals surface area contributed by atoms with Gasteiger partial charge in [-0.2, -0.15) is 5.10 Å². The summed E-state index contributed by atoms with van der Waals surface area (Å²) in [5.74, 6) is 0.444. The molecule has 1 saturated heterocycles. The number of rotatable bonds is 7. The molecule has 0 saturated carbocycles. The van der Waals surface area contributed by atoms with Gasteiger partial charge in [-0.1, -0.05) is 18.2 Å². The van der Waals surface area contributed by atoms with Gasteiger partial charge in [0, 0.05) is 38.7 Å². The minimum atomic E-state index is -0.104. The first-order valence-electron chi connectivity index (χ1n) is 10.4. The lowest BCUT2D eigenvalue weighted by molar-refractivity contribution is -0.126. The van der Waals surface area contributed by atoms with Crippen LogP contribution in [-0.4, -0.2) is 59.8 Å². The first-order chi connectivity index (χ1) is 15.2. The molecule has 0 spiro atoms. The lowest BCUT2D eigenvalue weighted by Gasteiger charge is -2.31. The highest BCUT2D eigenvalue weighted by atomic mass is 16.5. The van der Waals surface area contributed by atoms with Crippen LogP contribution < -0.4 is 5.32 Å². The summed E-state index contributed by atoms with van der Waals surface area (Å²) in [6.45, 7) is 2.04. The number of para-hydroxylation sites is 1. The predicted octanol–water partition coefficient (Wildman–Crippen LogP) is 2.75. The zero-order valence-corrected chi connectivity index (χ0v) is 17.5. The van der Waals surface area contributed by atoms with Crippen LogP contribution in [0, 0.1) is 5.92 Å². The molecular formula is C23H26N4O4. The first kappa shape index (κ1) is 20.9. The number of hydrogen-bond acceptors (Lipinski definition) is 5. The Morgan fingerprint density at radius 3 is 2.61 bits per heavy atom. The van der Waals surface area contributed by atoms with Crippen molar-refractivity contribution in [1.29, 1.82) is 0 Å². The number of hydrogen-bond donors (Lipinski definition) is 1. The number of methoxy groups -OCH3 is 1. The topological polar surface area (TPSA) is 89.6 Å². The molecule has 31 heavy (non-hydrogen) atoms. The Bertz CT molecular complexity index is 1010. The van der Waals surface area contributed by atoms with Crippen molar-refractivity contribution in [2.24, 2.45) is 5.92 Å². The maximum Gasteiger partial charge on any atom is 0.272 e. The molecule has 2 aromatic heterocycles. The highest BCUT2D eigenvalue weighted by Gasteiger charge is 2.30. The van der Waals surface area contributed by atoms with E-state index in [9.17, 15) is 9.59 Å². The fourth-order valence-corrected chi connectivity index (χ4v) is 3.77. The second-order valence-corrected chi connectivity index (χ2v) is 7.49. The average molecular weight is 422 g/mol. The van der Waals surface area contributed by atoms with E-state index < -0.39 is 0 Å². The molecular weight excluding hydrogens is 396 g/mol. The largest absolute Gasteiger partial charge is 0.463 e. The van der Waals surface area contributed by atoms with E-state index in [0.29, 0.717) is 56.2 Å². The van der Waals surface area contributed by atoms with Gasteiger partial charge in [0.2, 0.25) is 5.91 Å². The van der Waals surface area contributed by atoms with Crippen LogP contribution in [0.4, 0.5) is 0 Å². The van der Waals surface area contributed by atoms with Gasteiger partial charge in [-0.15, -0.1) is 0 Å². The highest BCUT2D eigenvalue weighted by molar-refractivity contribution is 5.94. The third-order valence-corrected chi connectivity index (χ3v) is 5.46. The molecule has 2 amide bonds. The number of amides is 2. The van der Waals surface area contributed by atoms with Crippen LogP contribution in [0.2, 0.25) is 0 Å². The van der Waals surface area contributed by atoms with Crippen LogP contribution in [-0.2, 0) is 9.53 Å². The smallest absolute Gasteiger partial charge is 0.272 e. The van der Waals surface area contributed by atoms with Crippen molar-refractivity contribution in [3.8, 4) is 17.1 Å². The van der Waals surface area contributed by atoms with E-state index in [1.165, 1.54) is 0 Å². The summed E-state index contributed by atoms with van der Waals surface area (Å²) in [7, 11) is 1.60. The van der Waals surface area contributed by atoms with Gasteiger partial charge in [-0.3, -0.25) is 9.59 Å². The van der Waals surface area contributed by atoms with Gasteiger partial charge in [0.1, 0.15) is 11.4 Å². The average Bonchev–Trinajstić information content (AvgIpc) is 3.49. The SMILES string of the molecule is COCCNC(=O)C1CCN(C(=O)c2cc(-c3ccco3)nn2-c2ccccc2)CC1. The lowest BCUT2D eigenvalue weighted by atomic mass is 9.95. The molecule has 1 aliphatic heterocycles. The zero-order valence-electron chi connectivity index (χ0n) is 17.5. The third kappa shape index (κ3) is 4.69. The fraction of sp³-hybridized carbons (Fsp3) is 0.348. The van der Waals surface area contributed by atoms with Crippen LogP contribution in [0.1, 0.15) is 23.3 Å². The molecule has 0 bridgehead atoms. The maximum absolute atomic E-state index is 13.4. The molecule has 0 atom stereocenters. The second-order valence-electron chi connectivity index (χ2n) is 7.49. The van der Waals surface area contributed by atoms with E-state index in [2.05, 4.69) is 10.4 Å². The molecule has 8 nitrogen and oxygen atoms in total. The van der Waals surface area contributed by atoms with E-state index in [4.69, 9.17) is 9.15 Å². The fourth-order valence-electron chi connectivity index (χ4n) is 3.77. The molecule has 1 fully saturated rings. The van der Waals surface area contributed by atoms with Crippen molar-refractivity contribution in [3.05, 3.63) is 60.5 Å². The number of carbonyl (C=O) groups excluding carboxylic acids is 2. The molecule has 3 aromatic rings. The maximum atomic E-state index is 13.4. The van der Waals surface area contributed by atoms with Crippen LogP contribution >= 0.6 is 0 Å². The summed E-state index contributed by atoms with van der Waals surface area (Å²) in [6.07, 6.45) is 2.85. The first-order valence-corrected chi connectivity index (χ1v) is 10.4. The second kappa shape index (κ2) is 9.61. The zero-order chi connectivity index (χ0) is 21.6. The molecule has 4 rings (SSSR count). The van der Waals surface area contributed by atoms with E-state index >= 15 is 0 Å². The quantitative estimate of drug-likeness (QED) is 0.592. The molecule has 3 heterocycles. The number of aromatic nitrogens is 2. The van der Waals surface area contributed by atoms with Crippen molar-refractivity contribution >= 4 is 11.8 Å². The Balaban J connectivity index is 1.50. The van der Waals surface area contributed by atoms with E-state index in [1.807, 2.05) is 36.4 Å². The lowest BCUT2D eigenvalue weighted by Crippen LogP contribution is -2.44. The van der Waals surface area contributed by atoms with Crippen LogP contribution in [0.15, 0.2) is 59.2 Å². The van der Waals surface area contributed by atoms with Gasteiger partial charge in [0.15, 0.2) is 5.76 Å². The van der Waals surface area contributed by atoms with E-state index in [1.54, 1.807) is 35.1 Å². The van der Waals surface area contributed by atoms with Crippen molar-refractivity contribution in [2.45, 2.75) is 12.8 Å². The standard InChI is InChI=1S/C23H26N4O4/c1-30-15-11-24-22(28)17-9-12-26(13-10-17)23(29)20-16-19(21-8-5-14-31-21)25-27(20)18-6-3-2-4-7-18/h2-8,14,16-17H,9-13,15H2,1H3,(H,24,28). The van der Waals surface area contributed by atoms with Gasteiger partial charge >= 0.3 is 0 Å². The van der Waals surface area contributed by atoms with Crippen molar-refractivity contribution < 1.29 is 18.7 Å². The minimum Gasteiger partial charge on any atom is -0.463 e. The normalized spacial score (nSPS) is 14.5. The number of likely N-dealkylation sites (tertiary alicyclic amines) is 1. The van der Waals surface area contributed by atoms with Gasteiger partial charge in [-0.25, -0.2) is 4.68 Å². The molecule has 162 valence electrons. The van der Waals surface area contributed by atoms with E-state index in [-0.39, 0.29) is 17.7 Å². The van der Waals surface area contributed by atoms with Crippen LogP contribution in [0.5, 0.6) is 0 Å². The molecule has 0 unspecified atom stereocenters. The summed E-state index contributed by atoms with van der Waals surface area (Å²) in [5, 5.41) is 7.51. The highest BCUT2D eigenvalue weighted by Crippen LogP contribution is 2.25. The number of furan rings is 1. The summed E-state index contributed by atoms with van der Waals surface area (Å²) in [4.78, 5) is 27.5. The van der Waals surface area contributed by atoms with Gasteiger partial charge < -0.3 is 19.4 Å². The van der Waals surface area contributed by atoms with Crippen molar-refractivity contribution in [2.75, 3.05) is 33.4 Å². The molecule has 1 N–H and O–H groups in total. The summed E-state index contributed by atoms with van der Waals surface area (Å²) in [6, 6.07) is 14.9. The molecule has 0 radical (unpaired) electrons. The third-order valence-electron chi connectivity index (χ3n) is 5.46. The summed E-state index contributed by atoms with van der Waals surface area (Å²) in [5.41, 5.74) is 1.88. The van der Waals surface area contributed by atoms with Crippen molar-refractivity contribution in [1.82, 2.24) is 20.0 Å². The number of nitrogens with zero attached hydrogens (tertiary/aromatic N) is 3. The summed E-state index contributed by atoms with van der Waals surface area (Å²) < 4.78 is 12.1. The molecule has 0 aliphatic carbocycles. The number of piperidine rings is 1. The van der Waals surface area contributed by atoms with Gasteiger partial charge in [-0.05, 0) is 37.1 Å². The Kier molecular flexibility index (Phi) is 6.47. The van der Waals surface area contributed by atoms with Crippen LogP contribution in [0.25, 0.3) is 17.1 Å².